The molecule has 1 aliphatic carbocycles. The molecule has 1 aliphatic rings. The van der Waals surface area contributed by atoms with E-state index in [9.17, 15) is 0 Å². The summed E-state index contributed by atoms with van der Waals surface area (Å²) in [5.74, 6) is 0.839. The van der Waals surface area contributed by atoms with Crippen LogP contribution < -0.4 is 5.32 Å². The first-order chi connectivity index (χ1) is 7.26. The maximum absolute atomic E-state index is 4.52. The molecule has 0 saturated heterocycles. The van der Waals surface area contributed by atoms with Crippen LogP contribution in [0.25, 0.3) is 0 Å². The van der Waals surface area contributed by atoms with Gasteiger partial charge in [0, 0.05) is 6.54 Å². The molecular formula is C12H21N3. The SMILES string of the molecule is CCNC(c1cc(C)nn1CC)C1CC1. The summed E-state index contributed by atoms with van der Waals surface area (Å²) in [6.07, 6.45) is 2.73. The smallest absolute Gasteiger partial charge is 0.0597 e. The molecule has 3 nitrogen and oxygen atoms in total. The molecule has 1 saturated carbocycles. The predicted molar refractivity (Wildman–Crippen MR) is 61.8 cm³/mol. The van der Waals surface area contributed by atoms with Gasteiger partial charge < -0.3 is 5.32 Å². The lowest BCUT2D eigenvalue weighted by Crippen LogP contribution is -2.25. The average Bonchev–Trinajstić information content (AvgIpc) is 2.98. The third-order valence-electron chi connectivity index (χ3n) is 3.07. The Bertz CT molecular complexity index is 326. The number of hydrogen-bond donors (Lipinski definition) is 1. The minimum atomic E-state index is 0.524. The van der Waals surface area contributed by atoms with Crippen LogP contribution >= 0.6 is 0 Å². The number of hydrogen-bond acceptors (Lipinski definition) is 2. The summed E-state index contributed by atoms with van der Waals surface area (Å²) in [5, 5.41) is 8.11. The van der Waals surface area contributed by atoms with Crippen LogP contribution in [0.15, 0.2) is 6.07 Å². The Hall–Kier alpha value is -0.830. The highest BCUT2D eigenvalue weighted by atomic mass is 15.3. The molecule has 15 heavy (non-hydrogen) atoms. The second-order valence-corrected chi connectivity index (χ2v) is 4.40. The third-order valence-corrected chi connectivity index (χ3v) is 3.07. The Morgan fingerprint density at radius 2 is 2.27 bits per heavy atom. The van der Waals surface area contributed by atoms with E-state index in [-0.39, 0.29) is 0 Å². The molecule has 0 amide bonds. The molecule has 1 aromatic heterocycles. The molecule has 0 aromatic carbocycles. The minimum Gasteiger partial charge on any atom is -0.309 e. The van der Waals surface area contributed by atoms with Crippen LogP contribution in [-0.2, 0) is 6.54 Å². The van der Waals surface area contributed by atoms with Gasteiger partial charge in [-0.3, -0.25) is 4.68 Å². The number of rotatable bonds is 5. The summed E-state index contributed by atoms with van der Waals surface area (Å²) >= 11 is 0. The lowest BCUT2D eigenvalue weighted by molar-refractivity contribution is 0.450. The van der Waals surface area contributed by atoms with E-state index >= 15 is 0 Å². The zero-order valence-electron chi connectivity index (χ0n) is 9.95. The number of nitrogens with zero attached hydrogens (tertiary/aromatic N) is 2. The van der Waals surface area contributed by atoms with Crippen molar-refractivity contribution in [3.05, 3.63) is 17.5 Å². The highest BCUT2D eigenvalue weighted by Crippen LogP contribution is 2.41. The van der Waals surface area contributed by atoms with Gasteiger partial charge in [-0.2, -0.15) is 5.10 Å². The normalized spacial score (nSPS) is 18.1. The van der Waals surface area contributed by atoms with Crippen molar-refractivity contribution in [2.75, 3.05) is 6.54 Å². The van der Waals surface area contributed by atoms with Gasteiger partial charge in [0.1, 0.15) is 0 Å². The van der Waals surface area contributed by atoms with Crippen molar-refractivity contribution in [2.24, 2.45) is 5.92 Å². The van der Waals surface area contributed by atoms with E-state index in [4.69, 9.17) is 0 Å². The van der Waals surface area contributed by atoms with Gasteiger partial charge in [-0.25, -0.2) is 0 Å². The molecule has 1 heterocycles. The van der Waals surface area contributed by atoms with Crippen molar-refractivity contribution in [1.29, 1.82) is 0 Å². The van der Waals surface area contributed by atoms with Crippen molar-refractivity contribution < 1.29 is 0 Å². The van der Waals surface area contributed by atoms with Gasteiger partial charge in [0.25, 0.3) is 0 Å². The molecule has 0 spiro atoms. The fourth-order valence-corrected chi connectivity index (χ4v) is 2.23. The highest BCUT2D eigenvalue weighted by Gasteiger charge is 2.33. The first kappa shape index (κ1) is 10.7. The minimum absolute atomic E-state index is 0.524. The fraction of sp³-hybridized carbons (Fsp3) is 0.750. The largest absolute Gasteiger partial charge is 0.309 e. The van der Waals surface area contributed by atoms with Crippen LogP contribution in [0.3, 0.4) is 0 Å². The molecular weight excluding hydrogens is 186 g/mol. The first-order valence-corrected chi connectivity index (χ1v) is 6.04. The van der Waals surface area contributed by atoms with Crippen LogP contribution in [0, 0.1) is 12.8 Å². The molecule has 2 rings (SSSR count). The maximum atomic E-state index is 4.52. The van der Waals surface area contributed by atoms with Crippen molar-refractivity contribution in [2.45, 2.75) is 46.2 Å². The Labute approximate surface area is 91.9 Å². The van der Waals surface area contributed by atoms with E-state index in [1.807, 2.05) is 0 Å². The zero-order chi connectivity index (χ0) is 10.8. The van der Waals surface area contributed by atoms with Gasteiger partial charge in [0.15, 0.2) is 0 Å². The molecule has 1 atom stereocenters. The Morgan fingerprint density at radius 1 is 1.53 bits per heavy atom. The predicted octanol–water partition coefficient (Wildman–Crippen LogP) is 2.27. The number of aromatic nitrogens is 2. The molecule has 1 fully saturated rings. The van der Waals surface area contributed by atoms with Crippen LogP contribution in [-0.4, -0.2) is 16.3 Å². The Kier molecular flexibility index (Phi) is 3.10. The average molecular weight is 207 g/mol. The molecule has 0 bridgehead atoms. The standard InChI is InChI=1S/C12H21N3/c1-4-13-12(10-6-7-10)11-8-9(3)14-15(11)5-2/h8,10,12-13H,4-7H2,1-3H3. The summed E-state index contributed by atoms with van der Waals surface area (Å²) in [4.78, 5) is 0. The molecule has 0 radical (unpaired) electrons. The molecule has 1 aromatic rings. The molecule has 1 N–H and O–H groups in total. The van der Waals surface area contributed by atoms with Crippen molar-refractivity contribution in [3.63, 3.8) is 0 Å². The third kappa shape index (κ3) is 2.23. The number of aryl methyl sites for hydroxylation is 2. The highest BCUT2D eigenvalue weighted by molar-refractivity contribution is 5.16. The quantitative estimate of drug-likeness (QED) is 0.802. The van der Waals surface area contributed by atoms with Crippen molar-refractivity contribution >= 4 is 0 Å². The summed E-state index contributed by atoms with van der Waals surface area (Å²) in [6.45, 7) is 8.42. The van der Waals surface area contributed by atoms with E-state index in [1.54, 1.807) is 0 Å². The van der Waals surface area contributed by atoms with Crippen LogP contribution in [0.4, 0.5) is 0 Å². The van der Waals surface area contributed by atoms with Gasteiger partial charge in [-0.15, -0.1) is 0 Å². The lowest BCUT2D eigenvalue weighted by atomic mass is 10.1. The van der Waals surface area contributed by atoms with Crippen molar-refractivity contribution in [3.8, 4) is 0 Å². The fourth-order valence-electron chi connectivity index (χ4n) is 2.23. The lowest BCUT2D eigenvalue weighted by Gasteiger charge is -2.18. The maximum Gasteiger partial charge on any atom is 0.0597 e. The topological polar surface area (TPSA) is 29.9 Å². The summed E-state index contributed by atoms with van der Waals surface area (Å²) in [7, 11) is 0. The van der Waals surface area contributed by atoms with Gasteiger partial charge >= 0.3 is 0 Å². The van der Waals surface area contributed by atoms with E-state index in [1.165, 1.54) is 18.5 Å². The monoisotopic (exact) mass is 207 g/mol. The van der Waals surface area contributed by atoms with Gasteiger partial charge in [-0.05, 0) is 45.2 Å². The van der Waals surface area contributed by atoms with Gasteiger partial charge in [-0.1, -0.05) is 6.92 Å². The van der Waals surface area contributed by atoms with Crippen molar-refractivity contribution in [1.82, 2.24) is 15.1 Å². The summed E-state index contributed by atoms with van der Waals surface area (Å²) < 4.78 is 2.14. The zero-order valence-corrected chi connectivity index (χ0v) is 9.95. The second-order valence-electron chi connectivity index (χ2n) is 4.40. The van der Waals surface area contributed by atoms with Crippen LogP contribution in [0.2, 0.25) is 0 Å². The van der Waals surface area contributed by atoms with Crippen LogP contribution in [0.1, 0.15) is 44.1 Å². The summed E-state index contributed by atoms with van der Waals surface area (Å²) in [5.41, 5.74) is 2.51. The van der Waals surface area contributed by atoms with Gasteiger partial charge in [0.05, 0.1) is 17.4 Å². The summed E-state index contributed by atoms with van der Waals surface area (Å²) in [6, 6.07) is 2.76. The van der Waals surface area contributed by atoms with E-state index in [2.05, 4.69) is 41.9 Å². The first-order valence-electron chi connectivity index (χ1n) is 6.04. The molecule has 3 heteroatoms. The molecule has 1 unspecified atom stereocenters. The Balaban J connectivity index is 2.23. The molecule has 0 aliphatic heterocycles. The van der Waals surface area contributed by atoms with E-state index in [0.717, 1.165) is 24.7 Å². The van der Waals surface area contributed by atoms with E-state index < -0.39 is 0 Å². The number of nitrogens with one attached hydrogen (secondary N) is 1. The van der Waals surface area contributed by atoms with E-state index in [0.29, 0.717) is 6.04 Å². The Morgan fingerprint density at radius 3 is 2.80 bits per heavy atom. The molecule has 84 valence electrons. The van der Waals surface area contributed by atoms with Crippen LogP contribution in [0.5, 0.6) is 0 Å². The second kappa shape index (κ2) is 4.35. The van der Waals surface area contributed by atoms with Gasteiger partial charge in [0.2, 0.25) is 0 Å².